The number of aromatic nitrogens is 1. The molecule has 2 amide bonds. The Hall–Kier alpha value is -3.50. The Kier molecular flexibility index (Phi) is 5.76. The smallest absolute Gasteiger partial charge is 0.416 e. The summed E-state index contributed by atoms with van der Waals surface area (Å²) in [4.78, 5) is 18.8. The minimum atomic E-state index is -4.58. The van der Waals surface area contributed by atoms with Crippen molar-refractivity contribution in [2.45, 2.75) is 25.4 Å². The van der Waals surface area contributed by atoms with Crippen LogP contribution in [0.2, 0.25) is 5.02 Å². The van der Waals surface area contributed by atoms with Crippen LogP contribution in [0.15, 0.2) is 54.6 Å². The molecule has 0 aliphatic carbocycles. The molecule has 0 radical (unpaired) electrons. The molecule has 1 aliphatic rings. The SMILES string of the molecule is CC1(C)CN(c2ccccc2NC(=O)Nc2nc3ccc(Cl)cc3s2)c2c(O)ccc(C(F)(F)F)c21. The van der Waals surface area contributed by atoms with Gasteiger partial charge in [-0.1, -0.05) is 48.9 Å². The quantitative estimate of drug-likeness (QED) is 0.252. The summed E-state index contributed by atoms with van der Waals surface area (Å²) in [5, 5.41) is 17.0. The molecule has 1 aromatic heterocycles. The van der Waals surface area contributed by atoms with Crippen molar-refractivity contribution >= 4 is 61.4 Å². The van der Waals surface area contributed by atoms with E-state index in [1.165, 1.54) is 11.3 Å². The largest absolute Gasteiger partial charge is 0.506 e. The van der Waals surface area contributed by atoms with Crippen LogP contribution in [0.5, 0.6) is 5.75 Å². The number of fused-ring (bicyclic) bond motifs is 2. The Bertz CT molecular complexity index is 1500. The van der Waals surface area contributed by atoms with Gasteiger partial charge < -0.3 is 15.3 Å². The summed E-state index contributed by atoms with van der Waals surface area (Å²) < 4.78 is 42.3. The summed E-state index contributed by atoms with van der Waals surface area (Å²) in [6, 6.07) is 13.3. The van der Waals surface area contributed by atoms with E-state index in [1.807, 2.05) is 0 Å². The zero-order valence-corrected chi connectivity index (χ0v) is 20.6. The fraction of sp³-hybridized carbons (Fsp3) is 0.200. The molecule has 11 heteroatoms. The molecule has 1 aliphatic heterocycles. The number of carbonyl (C=O) groups excluding carboxylic acids is 1. The Morgan fingerprint density at radius 2 is 1.89 bits per heavy atom. The summed E-state index contributed by atoms with van der Waals surface area (Å²) in [6.07, 6.45) is -4.58. The van der Waals surface area contributed by atoms with Crippen molar-refractivity contribution in [1.82, 2.24) is 4.98 Å². The van der Waals surface area contributed by atoms with Crippen LogP contribution in [0.3, 0.4) is 0 Å². The first kappa shape index (κ1) is 24.2. The minimum absolute atomic E-state index is 0.0161. The van der Waals surface area contributed by atoms with Gasteiger partial charge in [-0.3, -0.25) is 5.32 Å². The van der Waals surface area contributed by atoms with Crippen molar-refractivity contribution in [1.29, 1.82) is 0 Å². The van der Waals surface area contributed by atoms with E-state index >= 15 is 0 Å². The van der Waals surface area contributed by atoms with Crippen LogP contribution >= 0.6 is 22.9 Å². The first-order valence-electron chi connectivity index (χ1n) is 10.9. The predicted molar refractivity (Wildman–Crippen MR) is 137 cm³/mol. The Balaban J connectivity index is 1.48. The van der Waals surface area contributed by atoms with Crippen molar-refractivity contribution in [2.75, 3.05) is 22.1 Å². The maximum atomic E-state index is 13.8. The number of hydrogen-bond donors (Lipinski definition) is 3. The Labute approximate surface area is 213 Å². The molecule has 3 aromatic carbocycles. The molecule has 0 fully saturated rings. The number of benzene rings is 3. The molecule has 0 bridgehead atoms. The number of carbonyl (C=O) groups is 1. The number of phenols is 1. The molecule has 186 valence electrons. The van der Waals surface area contributed by atoms with Crippen LogP contribution in [-0.4, -0.2) is 22.7 Å². The number of rotatable bonds is 3. The molecule has 3 N–H and O–H groups in total. The second-order valence-electron chi connectivity index (χ2n) is 9.05. The van der Waals surface area contributed by atoms with E-state index in [-0.39, 0.29) is 23.5 Å². The van der Waals surface area contributed by atoms with E-state index in [0.717, 1.165) is 16.8 Å². The molecule has 36 heavy (non-hydrogen) atoms. The molecule has 0 spiro atoms. The van der Waals surface area contributed by atoms with Crippen LogP contribution < -0.4 is 15.5 Å². The molecule has 6 nitrogen and oxygen atoms in total. The van der Waals surface area contributed by atoms with E-state index in [2.05, 4.69) is 15.6 Å². The number of anilines is 4. The number of halogens is 4. The van der Waals surface area contributed by atoms with Gasteiger partial charge in [-0.05, 0) is 48.0 Å². The summed E-state index contributed by atoms with van der Waals surface area (Å²) in [5.74, 6) is -0.268. The van der Waals surface area contributed by atoms with Crippen molar-refractivity contribution in [3.8, 4) is 5.75 Å². The molecule has 0 unspecified atom stereocenters. The maximum absolute atomic E-state index is 13.8. The van der Waals surface area contributed by atoms with E-state index in [0.29, 0.717) is 27.0 Å². The van der Waals surface area contributed by atoms with E-state index < -0.39 is 23.2 Å². The lowest BCUT2D eigenvalue weighted by molar-refractivity contribution is -0.138. The van der Waals surface area contributed by atoms with E-state index in [4.69, 9.17) is 11.6 Å². The lowest BCUT2D eigenvalue weighted by Gasteiger charge is -2.25. The highest BCUT2D eigenvalue weighted by Crippen LogP contribution is 2.54. The zero-order valence-electron chi connectivity index (χ0n) is 19.1. The van der Waals surface area contributed by atoms with Gasteiger partial charge >= 0.3 is 12.2 Å². The topological polar surface area (TPSA) is 77.5 Å². The second kappa shape index (κ2) is 8.56. The molecule has 0 saturated heterocycles. The van der Waals surface area contributed by atoms with Gasteiger partial charge in [0.05, 0.1) is 32.8 Å². The third-order valence-corrected chi connectivity index (χ3v) is 7.14. The fourth-order valence-corrected chi connectivity index (χ4v) is 5.69. The maximum Gasteiger partial charge on any atom is 0.416 e. The van der Waals surface area contributed by atoms with Gasteiger partial charge in [-0.15, -0.1) is 0 Å². The van der Waals surface area contributed by atoms with Crippen molar-refractivity contribution in [3.63, 3.8) is 0 Å². The molecule has 4 aromatic rings. The van der Waals surface area contributed by atoms with E-state index in [1.54, 1.807) is 61.2 Å². The zero-order chi connectivity index (χ0) is 25.8. The third-order valence-electron chi connectivity index (χ3n) is 5.98. The van der Waals surface area contributed by atoms with Gasteiger partial charge in [-0.2, -0.15) is 13.2 Å². The van der Waals surface area contributed by atoms with Gasteiger partial charge in [0.2, 0.25) is 0 Å². The van der Waals surface area contributed by atoms with Crippen LogP contribution in [0.1, 0.15) is 25.0 Å². The van der Waals surface area contributed by atoms with Crippen LogP contribution in [0.4, 0.5) is 40.2 Å². The molecule has 0 saturated carbocycles. The molecular formula is C25H20ClF3N4O2S. The van der Waals surface area contributed by atoms with Gasteiger partial charge in [0.25, 0.3) is 0 Å². The fourth-order valence-electron chi connectivity index (χ4n) is 4.55. The number of para-hydroxylation sites is 2. The first-order chi connectivity index (χ1) is 16.9. The highest BCUT2D eigenvalue weighted by molar-refractivity contribution is 7.22. The van der Waals surface area contributed by atoms with Crippen LogP contribution in [-0.2, 0) is 11.6 Å². The van der Waals surface area contributed by atoms with Gasteiger partial charge in [0, 0.05) is 17.0 Å². The molecule has 2 heterocycles. The minimum Gasteiger partial charge on any atom is -0.506 e. The third kappa shape index (κ3) is 4.31. The number of alkyl halides is 3. The number of nitrogens with zero attached hydrogens (tertiary/aromatic N) is 2. The van der Waals surface area contributed by atoms with Gasteiger partial charge in [0.15, 0.2) is 5.13 Å². The number of aromatic hydroxyl groups is 1. The van der Waals surface area contributed by atoms with Crippen LogP contribution in [0.25, 0.3) is 10.2 Å². The van der Waals surface area contributed by atoms with Crippen molar-refractivity contribution in [3.05, 3.63) is 70.7 Å². The molecule has 5 rings (SSSR count). The number of amides is 2. The summed E-state index contributed by atoms with van der Waals surface area (Å²) in [5.41, 5.74) is -0.120. The first-order valence-corrected chi connectivity index (χ1v) is 12.1. The Morgan fingerprint density at radius 3 is 2.64 bits per heavy atom. The number of nitrogens with one attached hydrogen (secondary N) is 2. The second-order valence-corrected chi connectivity index (χ2v) is 10.5. The summed E-state index contributed by atoms with van der Waals surface area (Å²) in [7, 11) is 0. The lowest BCUT2D eigenvalue weighted by Crippen LogP contribution is -2.27. The Morgan fingerprint density at radius 1 is 1.14 bits per heavy atom. The average molecular weight is 533 g/mol. The van der Waals surface area contributed by atoms with Crippen molar-refractivity contribution in [2.24, 2.45) is 0 Å². The molecular weight excluding hydrogens is 513 g/mol. The summed E-state index contributed by atoms with van der Waals surface area (Å²) in [6.45, 7) is 3.56. The normalized spacial score (nSPS) is 14.7. The standard InChI is InChI=1S/C25H20ClF3N4O2S/c1-24(2)12-33(21-18(34)10-8-14(20(21)24)25(27,28)29)17-6-4-3-5-15(17)30-22(35)32-23-31-16-9-7-13(26)11-19(16)36-23/h3-11,34H,12H2,1-2H3,(H2,30,31,32,35). The highest BCUT2D eigenvalue weighted by Gasteiger charge is 2.46. The number of phenolic OH excluding ortho intramolecular Hbond substituents is 1. The number of thiazole rings is 1. The number of hydrogen-bond acceptors (Lipinski definition) is 5. The van der Waals surface area contributed by atoms with Gasteiger partial charge in [0.1, 0.15) is 5.75 Å². The van der Waals surface area contributed by atoms with Gasteiger partial charge in [-0.25, -0.2) is 9.78 Å². The monoisotopic (exact) mass is 532 g/mol. The lowest BCUT2D eigenvalue weighted by atomic mass is 9.83. The van der Waals surface area contributed by atoms with E-state index in [9.17, 15) is 23.1 Å². The summed E-state index contributed by atoms with van der Waals surface area (Å²) >= 11 is 7.28. The average Bonchev–Trinajstić information content (AvgIpc) is 3.30. The number of urea groups is 1. The van der Waals surface area contributed by atoms with Crippen molar-refractivity contribution < 1.29 is 23.1 Å². The predicted octanol–water partition coefficient (Wildman–Crippen LogP) is 7.75. The molecule has 0 atom stereocenters. The van der Waals surface area contributed by atoms with Crippen LogP contribution in [0, 0.1) is 0 Å². The highest BCUT2D eigenvalue weighted by atomic mass is 35.5.